The maximum atomic E-state index is 11.8. The first kappa shape index (κ1) is 25.7. The highest BCUT2D eigenvalue weighted by atomic mass is 127. The third-order valence-corrected chi connectivity index (χ3v) is 5.50. The summed E-state index contributed by atoms with van der Waals surface area (Å²) < 4.78 is 5.32. The van der Waals surface area contributed by atoms with Crippen LogP contribution in [0.2, 0.25) is 0 Å². The summed E-state index contributed by atoms with van der Waals surface area (Å²) >= 11 is 0. The predicted molar refractivity (Wildman–Crippen MR) is 131 cm³/mol. The highest BCUT2D eigenvalue weighted by Crippen LogP contribution is 2.40. The van der Waals surface area contributed by atoms with Crippen molar-refractivity contribution in [2.75, 3.05) is 32.6 Å². The zero-order chi connectivity index (χ0) is 20.2. The number of aliphatic imine (C=N–C) groups is 1. The van der Waals surface area contributed by atoms with Crippen LogP contribution >= 0.6 is 24.0 Å². The van der Waals surface area contributed by atoms with E-state index in [4.69, 9.17) is 4.74 Å². The lowest BCUT2D eigenvalue weighted by atomic mass is 9.83. The molecule has 1 fully saturated rings. The van der Waals surface area contributed by atoms with Crippen LogP contribution < -0.4 is 16.0 Å². The molecule has 0 spiro atoms. The Bertz CT molecular complexity index is 645. The van der Waals surface area contributed by atoms with E-state index in [1.54, 1.807) is 14.2 Å². The number of nitrogens with one attached hydrogen (secondary N) is 3. The highest BCUT2D eigenvalue weighted by Gasteiger charge is 2.33. The monoisotopic (exact) mass is 516 g/mol. The van der Waals surface area contributed by atoms with Crippen LogP contribution in [0.3, 0.4) is 0 Å². The molecule has 7 heteroatoms. The molecule has 0 heterocycles. The van der Waals surface area contributed by atoms with Crippen molar-refractivity contribution in [1.29, 1.82) is 0 Å². The van der Waals surface area contributed by atoms with Crippen molar-refractivity contribution in [1.82, 2.24) is 10.6 Å². The molecule has 2 rings (SSSR count). The molecule has 0 atom stereocenters. The van der Waals surface area contributed by atoms with Gasteiger partial charge < -0.3 is 20.7 Å². The summed E-state index contributed by atoms with van der Waals surface area (Å²) in [6, 6.07) is 7.94. The Morgan fingerprint density at radius 1 is 1.24 bits per heavy atom. The minimum absolute atomic E-state index is 0. The predicted octanol–water partition coefficient (Wildman–Crippen LogP) is 4.31. The molecule has 0 bridgehead atoms. The molecule has 3 N–H and O–H groups in total. The van der Waals surface area contributed by atoms with Gasteiger partial charge in [0.15, 0.2) is 5.96 Å². The average molecular weight is 516 g/mol. The molecule has 0 saturated heterocycles. The van der Waals surface area contributed by atoms with Gasteiger partial charge in [-0.1, -0.05) is 31.9 Å². The molecule has 164 valence electrons. The standard InChI is InChI=1S/C22H36N4O2.HI/c1-4-8-20(27)26-19-10-7-9-18(15-19)16-24-21(23-2)25-17-22(13-14-28-3)11-5-6-12-22;/h7,9-10,15H,4-6,8,11-14,16-17H2,1-3H3,(H,26,27)(H2,23,24,25);1H. The molecule has 29 heavy (non-hydrogen) atoms. The molecule has 0 unspecified atom stereocenters. The number of hydrogen-bond acceptors (Lipinski definition) is 3. The summed E-state index contributed by atoms with van der Waals surface area (Å²) in [5.41, 5.74) is 2.26. The fourth-order valence-electron chi connectivity index (χ4n) is 3.85. The summed E-state index contributed by atoms with van der Waals surface area (Å²) in [4.78, 5) is 16.2. The third kappa shape index (κ3) is 8.90. The lowest BCUT2D eigenvalue weighted by molar-refractivity contribution is -0.116. The maximum absolute atomic E-state index is 11.8. The summed E-state index contributed by atoms with van der Waals surface area (Å²) in [7, 11) is 3.57. The summed E-state index contributed by atoms with van der Waals surface area (Å²) in [5, 5.41) is 9.84. The molecule has 0 radical (unpaired) electrons. The fourth-order valence-corrected chi connectivity index (χ4v) is 3.85. The topological polar surface area (TPSA) is 74.8 Å². The first-order valence-corrected chi connectivity index (χ1v) is 10.4. The molecule has 1 aromatic rings. The van der Waals surface area contributed by atoms with Crippen LogP contribution in [0.4, 0.5) is 5.69 Å². The number of hydrogen-bond donors (Lipinski definition) is 3. The van der Waals surface area contributed by atoms with Gasteiger partial charge in [0.2, 0.25) is 5.91 Å². The van der Waals surface area contributed by atoms with Crippen molar-refractivity contribution < 1.29 is 9.53 Å². The summed E-state index contributed by atoms with van der Waals surface area (Å²) in [5.74, 6) is 0.868. The Balaban J connectivity index is 0.00000420. The number of carbonyl (C=O) groups is 1. The van der Waals surface area contributed by atoms with Gasteiger partial charge in [-0.3, -0.25) is 9.79 Å². The third-order valence-electron chi connectivity index (χ3n) is 5.50. The van der Waals surface area contributed by atoms with Crippen molar-refractivity contribution in [3.63, 3.8) is 0 Å². The molecule has 6 nitrogen and oxygen atoms in total. The van der Waals surface area contributed by atoms with Gasteiger partial charge in [0.1, 0.15) is 0 Å². The van der Waals surface area contributed by atoms with Gasteiger partial charge in [0, 0.05) is 46.0 Å². The van der Waals surface area contributed by atoms with E-state index >= 15 is 0 Å². The maximum Gasteiger partial charge on any atom is 0.224 e. The Kier molecular flexibility index (Phi) is 12.2. The molecular weight excluding hydrogens is 479 g/mol. The Morgan fingerprint density at radius 2 is 2.00 bits per heavy atom. The van der Waals surface area contributed by atoms with E-state index < -0.39 is 0 Å². The number of benzene rings is 1. The molecule has 1 saturated carbocycles. The normalized spacial score (nSPS) is 15.5. The lowest BCUT2D eigenvalue weighted by Gasteiger charge is -2.30. The first-order chi connectivity index (χ1) is 13.6. The highest BCUT2D eigenvalue weighted by molar-refractivity contribution is 14.0. The largest absolute Gasteiger partial charge is 0.385 e. The van der Waals surface area contributed by atoms with Crippen molar-refractivity contribution in [2.24, 2.45) is 10.4 Å². The van der Waals surface area contributed by atoms with E-state index in [9.17, 15) is 4.79 Å². The van der Waals surface area contributed by atoms with Crippen LogP contribution in [0.1, 0.15) is 57.4 Å². The molecule has 1 amide bonds. The van der Waals surface area contributed by atoms with E-state index in [-0.39, 0.29) is 29.9 Å². The zero-order valence-electron chi connectivity index (χ0n) is 18.1. The van der Waals surface area contributed by atoms with Gasteiger partial charge in [0.25, 0.3) is 0 Å². The van der Waals surface area contributed by atoms with Crippen molar-refractivity contribution in [3.8, 4) is 0 Å². The average Bonchev–Trinajstić information content (AvgIpc) is 3.16. The second-order valence-corrected chi connectivity index (χ2v) is 7.73. The number of amides is 1. The van der Waals surface area contributed by atoms with Crippen LogP contribution in [0, 0.1) is 5.41 Å². The number of ether oxygens (including phenoxy) is 1. The SMILES string of the molecule is CCCC(=O)Nc1cccc(CNC(=NC)NCC2(CCOC)CCCC2)c1.I. The van der Waals surface area contributed by atoms with Crippen LogP contribution in [-0.4, -0.2) is 39.2 Å². The number of nitrogens with zero attached hydrogens (tertiary/aromatic N) is 1. The van der Waals surface area contributed by atoms with E-state index in [0.29, 0.717) is 18.4 Å². The second-order valence-electron chi connectivity index (χ2n) is 7.73. The molecule has 0 aliphatic heterocycles. The molecule has 1 aliphatic rings. The minimum Gasteiger partial charge on any atom is -0.385 e. The van der Waals surface area contributed by atoms with Crippen molar-refractivity contribution in [3.05, 3.63) is 29.8 Å². The Labute approximate surface area is 192 Å². The van der Waals surface area contributed by atoms with Crippen LogP contribution in [0.5, 0.6) is 0 Å². The zero-order valence-corrected chi connectivity index (χ0v) is 20.4. The number of guanidine groups is 1. The fraction of sp³-hybridized carbons (Fsp3) is 0.636. The minimum atomic E-state index is 0. The van der Waals surface area contributed by atoms with Crippen molar-refractivity contribution in [2.45, 2.75) is 58.4 Å². The lowest BCUT2D eigenvalue weighted by Crippen LogP contribution is -2.43. The van der Waals surface area contributed by atoms with Gasteiger partial charge in [-0.25, -0.2) is 0 Å². The van der Waals surface area contributed by atoms with E-state index in [1.807, 2.05) is 31.2 Å². The van der Waals surface area contributed by atoms with Crippen molar-refractivity contribution >= 4 is 41.5 Å². The first-order valence-electron chi connectivity index (χ1n) is 10.4. The van der Waals surface area contributed by atoms with E-state index in [1.165, 1.54) is 25.7 Å². The quantitative estimate of drug-likeness (QED) is 0.246. The van der Waals surface area contributed by atoms with Gasteiger partial charge in [0.05, 0.1) is 0 Å². The summed E-state index contributed by atoms with van der Waals surface area (Å²) in [6.45, 7) is 4.39. The Hall–Kier alpha value is -1.35. The van der Waals surface area contributed by atoms with Crippen LogP contribution in [0.25, 0.3) is 0 Å². The number of carbonyl (C=O) groups excluding carboxylic acids is 1. The number of rotatable bonds is 10. The summed E-state index contributed by atoms with van der Waals surface area (Å²) in [6.07, 6.45) is 7.58. The van der Waals surface area contributed by atoms with Gasteiger partial charge in [-0.2, -0.15) is 0 Å². The van der Waals surface area contributed by atoms with Gasteiger partial charge in [-0.15, -0.1) is 24.0 Å². The molecule has 1 aliphatic carbocycles. The molecule has 0 aromatic heterocycles. The Morgan fingerprint density at radius 3 is 2.66 bits per heavy atom. The van der Waals surface area contributed by atoms with Crippen LogP contribution in [-0.2, 0) is 16.1 Å². The van der Waals surface area contributed by atoms with E-state index in [2.05, 4.69) is 20.9 Å². The smallest absolute Gasteiger partial charge is 0.224 e. The number of methoxy groups -OCH3 is 1. The molecular formula is C22H37IN4O2. The number of halogens is 1. The second kappa shape index (κ2) is 13.8. The van der Waals surface area contributed by atoms with E-state index in [0.717, 1.165) is 43.2 Å². The number of anilines is 1. The van der Waals surface area contributed by atoms with Gasteiger partial charge in [-0.05, 0) is 48.8 Å². The van der Waals surface area contributed by atoms with Gasteiger partial charge >= 0.3 is 0 Å². The van der Waals surface area contributed by atoms with Crippen LogP contribution in [0.15, 0.2) is 29.3 Å². The molecule has 1 aromatic carbocycles.